The second-order valence-corrected chi connectivity index (χ2v) is 4.67. The van der Waals surface area contributed by atoms with Crippen LogP contribution in [-0.2, 0) is 4.79 Å². The lowest BCUT2D eigenvalue weighted by Crippen LogP contribution is -2.46. The van der Waals surface area contributed by atoms with Crippen LogP contribution in [-0.4, -0.2) is 41.6 Å². The second-order valence-electron chi connectivity index (χ2n) is 4.67. The maximum absolute atomic E-state index is 12.5. The van der Waals surface area contributed by atoms with Crippen molar-refractivity contribution < 1.29 is 14.7 Å². The van der Waals surface area contributed by atoms with Crippen molar-refractivity contribution in [2.24, 2.45) is 5.92 Å². The number of carbonyl (C=O) groups excluding carboxylic acids is 1. The average molecular weight is 289 g/mol. The summed E-state index contributed by atoms with van der Waals surface area (Å²) in [5.41, 5.74) is 0.521. The van der Waals surface area contributed by atoms with Crippen molar-refractivity contribution >= 4 is 17.7 Å². The third-order valence-electron chi connectivity index (χ3n) is 2.96. The molecule has 0 saturated heterocycles. The topological polar surface area (TPSA) is 84.6 Å². The van der Waals surface area contributed by atoms with Crippen LogP contribution < -0.4 is 4.90 Å². The first kappa shape index (κ1) is 16.5. The number of para-hydroxylation sites is 1. The molecule has 21 heavy (non-hydrogen) atoms. The zero-order valence-corrected chi connectivity index (χ0v) is 12.2. The molecular formula is C15H19N3O3. The normalized spacial score (nSPS) is 11.3. The molecule has 2 amide bonds. The summed E-state index contributed by atoms with van der Waals surface area (Å²) in [5.74, 6) is -1.40. The highest BCUT2D eigenvalue weighted by molar-refractivity contribution is 5.96. The highest BCUT2D eigenvalue weighted by Crippen LogP contribution is 2.16. The SMILES string of the molecule is CCN(CC(C)C#N)C(=O)N(CC(=O)O)c1ccccc1. The molecule has 0 spiro atoms. The van der Waals surface area contributed by atoms with E-state index in [4.69, 9.17) is 10.4 Å². The Kier molecular flexibility index (Phi) is 6.21. The molecule has 0 aliphatic rings. The standard InChI is InChI=1S/C15H19N3O3/c1-3-17(10-12(2)9-16)15(21)18(11-14(19)20)13-7-5-4-6-8-13/h4-8,12H,3,10-11H2,1-2H3,(H,19,20). The summed E-state index contributed by atoms with van der Waals surface area (Å²) in [6.07, 6.45) is 0. The van der Waals surface area contributed by atoms with Crippen molar-refractivity contribution in [3.63, 3.8) is 0 Å². The zero-order valence-electron chi connectivity index (χ0n) is 12.2. The number of nitrogens with zero attached hydrogens (tertiary/aromatic N) is 3. The number of carbonyl (C=O) groups is 2. The lowest BCUT2D eigenvalue weighted by Gasteiger charge is -2.29. The van der Waals surface area contributed by atoms with Gasteiger partial charge in [-0.15, -0.1) is 0 Å². The minimum absolute atomic E-state index is 0.273. The van der Waals surface area contributed by atoms with Gasteiger partial charge in [-0.25, -0.2) is 4.79 Å². The maximum atomic E-state index is 12.5. The van der Waals surface area contributed by atoms with Gasteiger partial charge in [0.15, 0.2) is 0 Å². The quantitative estimate of drug-likeness (QED) is 0.869. The van der Waals surface area contributed by atoms with E-state index in [1.54, 1.807) is 44.2 Å². The van der Waals surface area contributed by atoms with Gasteiger partial charge in [-0.1, -0.05) is 18.2 Å². The van der Waals surface area contributed by atoms with Gasteiger partial charge in [0.2, 0.25) is 0 Å². The van der Waals surface area contributed by atoms with Crippen LogP contribution in [0.5, 0.6) is 0 Å². The Bertz CT molecular complexity index is 525. The number of carboxylic acids is 1. The molecule has 0 fully saturated rings. The fraction of sp³-hybridized carbons (Fsp3) is 0.400. The van der Waals surface area contributed by atoms with Crippen molar-refractivity contribution in [1.82, 2.24) is 4.90 Å². The van der Waals surface area contributed by atoms with Gasteiger partial charge in [0.25, 0.3) is 0 Å². The van der Waals surface area contributed by atoms with Gasteiger partial charge in [-0.3, -0.25) is 9.69 Å². The molecule has 0 radical (unpaired) electrons. The number of rotatable bonds is 6. The highest BCUT2D eigenvalue weighted by Gasteiger charge is 2.24. The minimum Gasteiger partial charge on any atom is -0.480 e. The van der Waals surface area contributed by atoms with Gasteiger partial charge >= 0.3 is 12.0 Å². The number of urea groups is 1. The Morgan fingerprint density at radius 1 is 1.33 bits per heavy atom. The maximum Gasteiger partial charge on any atom is 0.325 e. The van der Waals surface area contributed by atoms with Gasteiger partial charge in [0.1, 0.15) is 6.54 Å². The fourth-order valence-corrected chi connectivity index (χ4v) is 1.90. The van der Waals surface area contributed by atoms with E-state index in [0.29, 0.717) is 12.2 Å². The smallest absolute Gasteiger partial charge is 0.325 e. The molecule has 1 rings (SSSR count). The van der Waals surface area contributed by atoms with Crippen LogP contribution in [0.2, 0.25) is 0 Å². The van der Waals surface area contributed by atoms with E-state index in [9.17, 15) is 9.59 Å². The minimum atomic E-state index is -1.09. The van der Waals surface area contributed by atoms with Crippen LogP contribution in [0.25, 0.3) is 0 Å². The number of hydrogen-bond donors (Lipinski definition) is 1. The van der Waals surface area contributed by atoms with E-state index in [0.717, 1.165) is 0 Å². The van der Waals surface area contributed by atoms with Crippen molar-refractivity contribution in [3.05, 3.63) is 30.3 Å². The van der Waals surface area contributed by atoms with Crippen LogP contribution in [0.15, 0.2) is 30.3 Å². The molecule has 6 nitrogen and oxygen atoms in total. The first-order valence-corrected chi connectivity index (χ1v) is 6.72. The van der Waals surface area contributed by atoms with E-state index in [2.05, 4.69) is 6.07 Å². The number of nitriles is 1. The monoisotopic (exact) mass is 289 g/mol. The summed E-state index contributed by atoms with van der Waals surface area (Å²) in [6.45, 7) is 3.79. The van der Waals surface area contributed by atoms with Gasteiger partial charge in [0, 0.05) is 18.8 Å². The summed E-state index contributed by atoms with van der Waals surface area (Å²) in [6, 6.07) is 10.3. The van der Waals surface area contributed by atoms with Crippen molar-refractivity contribution in [3.8, 4) is 6.07 Å². The fourth-order valence-electron chi connectivity index (χ4n) is 1.90. The Morgan fingerprint density at radius 3 is 2.43 bits per heavy atom. The summed E-state index contributed by atoms with van der Waals surface area (Å²) < 4.78 is 0. The van der Waals surface area contributed by atoms with E-state index in [1.165, 1.54) is 9.80 Å². The van der Waals surface area contributed by atoms with E-state index >= 15 is 0 Å². The van der Waals surface area contributed by atoms with Gasteiger partial charge in [0.05, 0.1) is 12.0 Å². The van der Waals surface area contributed by atoms with Crippen LogP contribution in [0, 0.1) is 17.2 Å². The molecule has 0 aliphatic carbocycles. The van der Waals surface area contributed by atoms with Crippen molar-refractivity contribution in [2.45, 2.75) is 13.8 Å². The van der Waals surface area contributed by atoms with Crippen molar-refractivity contribution in [2.75, 3.05) is 24.5 Å². The van der Waals surface area contributed by atoms with Crippen LogP contribution in [0.1, 0.15) is 13.8 Å². The van der Waals surface area contributed by atoms with E-state index < -0.39 is 18.5 Å². The lowest BCUT2D eigenvalue weighted by atomic mass is 10.2. The number of aliphatic carboxylic acids is 1. The Labute approximate surface area is 124 Å². The number of carboxylic acid groups (broad SMARTS) is 1. The molecule has 0 saturated carbocycles. The first-order valence-electron chi connectivity index (χ1n) is 6.72. The molecule has 112 valence electrons. The predicted molar refractivity (Wildman–Crippen MR) is 78.8 cm³/mol. The largest absolute Gasteiger partial charge is 0.480 e. The summed E-state index contributed by atoms with van der Waals surface area (Å²) in [4.78, 5) is 26.2. The molecule has 1 aromatic rings. The summed E-state index contributed by atoms with van der Waals surface area (Å²) in [5, 5.41) is 17.9. The lowest BCUT2D eigenvalue weighted by molar-refractivity contribution is -0.135. The van der Waals surface area contributed by atoms with Gasteiger partial charge in [-0.05, 0) is 26.0 Å². The summed E-state index contributed by atoms with van der Waals surface area (Å²) >= 11 is 0. The molecule has 1 atom stereocenters. The van der Waals surface area contributed by atoms with E-state index in [-0.39, 0.29) is 12.5 Å². The number of benzene rings is 1. The zero-order chi connectivity index (χ0) is 15.8. The highest BCUT2D eigenvalue weighted by atomic mass is 16.4. The molecule has 0 aromatic heterocycles. The number of anilines is 1. The molecule has 0 heterocycles. The van der Waals surface area contributed by atoms with E-state index in [1.807, 2.05) is 0 Å². The second kappa shape index (κ2) is 7.90. The number of amides is 2. The van der Waals surface area contributed by atoms with Gasteiger partial charge in [-0.2, -0.15) is 5.26 Å². The van der Waals surface area contributed by atoms with Crippen LogP contribution >= 0.6 is 0 Å². The van der Waals surface area contributed by atoms with Crippen LogP contribution in [0.3, 0.4) is 0 Å². The third kappa shape index (κ3) is 4.80. The van der Waals surface area contributed by atoms with Crippen LogP contribution in [0.4, 0.5) is 10.5 Å². The molecule has 6 heteroatoms. The molecule has 1 unspecified atom stereocenters. The Morgan fingerprint density at radius 2 is 1.95 bits per heavy atom. The molecule has 1 N–H and O–H groups in total. The molecule has 1 aromatic carbocycles. The Balaban J connectivity index is 2.99. The first-order chi connectivity index (χ1) is 9.99. The third-order valence-corrected chi connectivity index (χ3v) is 2.96. The molecule has 0 aliphatic heterocycles. The molecular weight excluding hydrogens is 270 g/mol. The van der Waals surface area contributed by atoms with Gasteiger partial charge < -0.3 is 10.0 Å². The predicted octanol–water partition coefficient (Wildman–Crippen LogP) is 2.18. The average Bonchev–Trinajstić information content (AvgIpc) is 2.50. The molecule has 0 bridgehead atoms. The van der Waals surface area contributed by atoms with Crippen molar-refractivity contribution in [1.29, 1.82) is 5.26 Å². The Hall–Kier alpha value is -2.55. The summed E-state index contributed by atoms with van der Waals surface area (Å²) in [7, 11) is 0. The number of hydrogen-bond acceptors (Lipinski definition) is 3.